The van der Waals surface area contributed by atoms with E-state index in [0.29, 0.717) is 24.1 Å². The lowest BCUT2D eigenvalue weighted by atomic mass is 10.1. The van der Waals surface area contributed by atoms with Crippen LogP contribution in [0.15, 0.2) is 28.0 Å². The number of aromatic hydroxyl groups is 1. The predicted molar refractivity (Wildman–Crippen MR) is 95.3 cm³/mol. The van der Waals surface area contributed by atoms with E-state index < -0.39 is 5.56 Å². The minimum atomic E-state index is -0.460. The Morgan fingerprint density at radius 2 is 2.04 bits per heavy atom. The van der Waals surface area contributed by atoms with E-state index in [4.69, 9.17) is 0 Å². The fourth-order valence-corrected chi connectivity index (χ4v) is 2.55. The number of aliphatic imine (C=N–C) groups is 1. The second-order valence-corrected chi connectivity index (χ2v) is 5.85. The first-order chi connectivity index (χ1) is 11.4. The minimum Gasteiger partial charge on any atom is -0.494 e. The molecule has 0 aliphatic rings. The van der Waals surface area contributed by atoms with E-state index in [9.17, 15) is 15.2 Å². The van der Waals surface area contributed by atoms with Gasteiger partial charge in [0.1, 0.15) is 11.6 Å². The molecular formula is C19H21N3O2. The third-order valence-electron chi connectivity index (χ3n) is 3.99. The van der Waals surface area contributed by atoms with Crippen LogP contribution in [0.1, 0.15) is 41.2 Å². The van der Waals surface area contributed by atoms with Crippen LogP contribution in [0.25, 0.3) is 0 Å². The Hall–Kier alpha value is -2.87. The predicted octanol–water partition coefficient (Wildman–Crippen LogP) is 3.51. The largest absolute Gasteiger partial charge is 0.494 e. The highest BCUT2D eigenvalue weighted by Gasteiger charge is 2.17. The normalized spacial score (nSPS) is 11.0. The van der Waals surface area contributed by atoms with Gasteiger partial charge in [-0.15, -0.1) is 0 Å². The Bertz CT molecular complexity index is 902. The first-order valence-electron chi connectivity index (χ1n) is 7.88. The first-order valence-corrected chi connectivity index (χ1v) is 7.88. The molecule has 5 heteroatoms. The van der Waals surface area contributed by atoms with Crippen molar-refractivity contribution in [3.05, 3.63) is 56.4 Å². The van der Waals surface area contributed by atoms with Crippen molar-refractivity contribution in [2.75, 3.05) is 0 Å². The van der Waals surface area contributed by atoms with Gasteiger partial charge in [-0.05, 0) is 49.9 Å². The molecule has 0 saturated heterocycles. The number of nitriles is 1. The molecule has 0 fully saturated rings. The van der Waals surface area contributed by atoms with Gasteiger partial charge in [-0.1, -0.05) is 19.1 Å². The molecule has 0 spiro atoms. The zero-order valence-corrected chi connectivity index (χ0v) is 14.4. The number of nitrogens with zero attached hydrogens (tertiary/aromatic N) is 3. The van der Waals surface area contributed by atoms with Gasteiger partial charge in [0.2, 0.25) is 5.88 Å². The number of hydrogen-bond donors (Lipinski definition) is 1. The molecule has 0 saturated carbocycles. The molecule has 1 N–H and O–H groups in total. The summed E-state index contributed by atoms with van der Waals surface area (Å²) in [5, 5.41) is 19.7. The molecule has 0 aliphatic carbocycles. The van der Waals surface area contributed by atoms with Crippen molar-refractivity contribution < 1.29 is 5.11 Å². The van der Waals surface area contributed by atoms with Gasteiger partial charge < -0.3 is 5.11 Å². The van der Waals surface area contributed by atoms with Gasteiger partial charge >= 0.3 is 0 Å². The maximum absolute atomic E-state index is 12.3. The maximum Gasteiger partial charge on any atom is 0.271 e. The molecule has 0 atom stereocenters. The van der Waals surface area contributed by atoms with E-state index in [1.165, 1.54) is 10.8 Å². The summed E-state index contributed by atoms with van der Waals surface area (Å²) in [4.78, 5) is 16.7. The molecule has 5 nitrogen and oxygen atoms in total. The third kappa shape index (κ3) is 3.23. The number of pyridine rings is 1. The molecule has 1 heterocycles. The third-order valence-corrected chi connectivity index (χ3v) is 3.99. The molecule has 0 unspecified atom stereocenters. The van der Waals surface area contributed by atoms with E-state index in [0.717, 1.165) is 16.8 Å². The molecule has 24 heavy (non-hydrogen) atoms. The summed E-state index contributed by atoms with van der Waals surface area (Å²) in [5.74, 6) is -0.146. The highest BCUT2D eigenvalue weighted by atomic mass is 16.3. The van der Waals surface area contributed by atoms with Gasteiger partial charge in [0.05, 0.1) is 11.3 Å². The summed E-state index contributed by atoms with van der Waals surface area (Å²) in [7, 11) is 0. The Labute approximate surface area is 141 Å². The topological polar surface area (TPSA) is 78.4 Å². The number of benzene rings is 1. The Kier molecular flexibility index (Phi) is 5.20. The first kappa shape index (κ1) is 17.5. The Morgan fingerprint density at radius 1 is 1.33 bits per heavy atom. The van der Waals surface area contributed by atoms with Gasteiger partial charge in [-0.3, -0.25) is 14.4 Å². The molecule has 124 valence electrons. The molecule has 1 aromatic heterocycles. The van der Waals surface area contributed by atoms with E-state index in [2.05, 4.69) is 4.99 Å². The van der Waals surface area contributed by atoms with Crippen molar-refractivity contribution in [1.29, 1.82) is 5.26 Å². The zero-order chi connectivity index (χ0) is 17.9. The summed E-state index contributed by atoms with van der Waals surface area (Å²) < 4.78 is 1.23. The van der Waals surface area contributed by atoms with Crippen LogP contribution in [-0.2, 0) is 6.54 Å². The van der Waals surface area contributed by atoms with E-state index >= 15 is 0 Å². The fraction of sp³-hybridized carbons (Fsp3) is 0.316. The fourth-order valence-electron chi connectivity index (χ4n) is 2.55. The van der Waals surface area contributed by atoms with Gasteiger partial charge in [0.25, 0.3) is 5.56 Å². The molecule has 1 aromatic carbocycles. The standard InChI is InChI=1S/C19H21N3O2/c1-5-8-22-18(23)15(10-20)14(4)16(19(22)24)11-21-17-9-12(2)6-7-13(17)3/h6-7,9,11,24H,5,8H2,1-4H3. The van der Waals surface area contributed by atoms with E-state index in [1.54, 1.807) is 6.92 Å². The molecular weight excluding hydrogens is 302 g/mol. The SMILES string of the molecule is CCCn1c(O)c(C=Nc2cc(C)ccc2C)c(C)c(C#N)c1=O. The van der Waals surface area contributed by atoms with Crippen LogP contribution in [0, 0.1) is 32.1 Å². The smallest absolute Gasteiger partial charge is 0.271 e. The van der Waals surface area contributed by atoms with Crippen LogP contribution in [0.5, 0.6) is 5.88 Å². The lowest BCUT2D eigenvalue weighted by Gasteiger charge is -2.13. The molecule has 2 aromatic rings. The summed E-state index contributed by atoms with van der Waals surface area (Å²) in [6.07, 6.45) is 2.20. The van der Waals surface area contributed by atoms with Crippen molar-refractivity contribution in [2.24, 2.45) is 4.99 Å². The van der Waals surface area contributed by atoms with E-state index in [-0.39, 0.29) is 11.4 Å². The second kappa shape index (κ2) is 7.14. The summed E-state index contributed by atoms with van der Waals surface area (Å²) in [5.41, 5.74) is 3.32. The van der Waals surface area contributed by atoms with Crippen LogP contribution in [0.2, 0.25) is 0 Å². The summed E-state index contributed by atoms with van der Waals surface area (Å²) in [6, 6.07) is 7.88. The number of aryl methyl sites for hydroxylation is 2. The zero-order valence-electron chi connectivity index (χ0n) is 14.4. The molecule has 0 radical (unpaired) electrons. The van der Waals surface area contributed by atoms with Gasteiger partial charge in [0, 0.05) is 12.8 Å². The van der Waals surface area contributed by atoms with Crippen molar-refractivity contribution in [3.8, 4) is 11.9 Å². The summed E-state index contributed by atoms with van der Waals surface area (Å²) >= 11 is 0. The van der Waals surface area contributed by atoms with E-state index in [1.807, 2.05) is 45.0 Å². The number of hydrogen-bond acceptors (Lipinski definition) is 4. The Balaban J connectivity index is 2.64. The van der Waals surface area contributed by atoms with Gasteiger partial charge in [-0.25, -0.2) is 0 Å². The lowest BCUT2D eigenvalue weighted by molar-refractivity contribution is 0.403. The molecule has 0 aliphatic heterocycles. The van der Waals surface area contributed by atoms with Crippen LogP contribution < -0.4 is 5.56 Å². The van der Waals surface area contributed by atoms with Crippen molar-refractivity contribution in [3.63, 3.8) is 0 Å². The highest BCUT2D eigenvalue weighted by molar-refractivity contribution is 5.87. The van der Waals surface area contributed by atoms with Crippen LogP contribution in [0.3, 0.4) is 0 Å². The highest BCUT2D eigenvalue weighted by Crippen LogP contribution is 2.23. The van der Waals surface area contributed by atoms with Crippen LogP contribution in [-0.4, -0.2) is 15.9 Å². The van der Waals surface area contributed by atoms with Crippen molar-refractivity contribution in [1.82, 2.24) is 4.57 Å². The lowest BCUT2D eigenvalue weighted by Crippen LogP contribution is -2.25. The van der Waals surface area contributed by atoms with Crippen LogP contribution in [0.4, 0.5) is 5.69 Å². The average molecular weight is 323 g/mol. The van der Waals surface area contributed by atoms with Gasteiger partial charge in [0.15, 0.2) is 0 Å². The number of aromatic nitrogens is 1. The quantitative estimate of drug-likeness (QED) is 0.874. The molecule has 0 amide bonds. The second-order valence-electron chi connectivity index (χ2n) is 5.85. The number of rotatable bonds is 4. The molecule has 0 bridgehead atoms. The minimum absolute atomic E-state index is 0.0451. The van der Waals surface area contributed by atoms with Gasteiger partial charge in [-0.2, -0.15) is 5.26 Å². The Morgan fingerprint density at radius 3 is 2.67 bits per heavy atom. The van der Waals surface area contributed by atoms with Crippen molar-refractivity contribution >= 4 is 11.9 Å². The van der Waals surface area contributed by atoms with Crippen molar-refractivity contribution in [2.45, 2.75) is 40.7 Å². The monoisotopic (exact) mass is 323 g/mol. The maximum atomic E-state index is 12.3. The molecule has 2 rings (SSSR count). The van der Waals surface area contributed by atoms with Crippen LogP contribution >= 0.6 is 0 Å². The summed E-state index contributed by atoms with van der Waals surface area (Å²) in [6.45, 7) is 7.85. The average Bonchev–Trinajstić information content (AvgIpc) is 2.55.